The minimum Gasteiger partial charge on any atom is -0.494 e. The Morgan fingerprint density at radius 2 is 1.86 bits per heavy atom. The zero-order valence-electron chi connectivity index (χ0n) is 20.6. The number of likely N-dealkylation sites (tertiary alicyclic amines) is 1. The Morgan fingerprint density at radius 1 is 1.09 bits per heavy atom. The Bertz CT molecular complexity index is 960. The summed E-state index contributed by atoms with van der Waals surface area (Å²) in [6.45, 7) is 3.58. The third kappa shape index (κ3) is 7.03. The number of hydrogen-bond acceptors (Lipinski definition) is 5. The Labute approximate surface area is 207 Å². The Hall–Kier alpha value is -2.48. The van der Waals surface area contributed by atoms with Crippen molar-refractivity contribution in [3.63, 3.8) is 0 Å². The molecule has 4 rings (SSSR count). The first-order valence-electron chi connectivity index (χ1n) is 12.9. The van der Waals surface area contributed by atoms with Gasteiger partial charge in [0.25, 0.3) is 5.91 Å². The highest BCUT2D eigenvalue weighted by molar-refractivity contribution is 5.94. The third-order valence-corrected chi connectivity index (χ3v) is 7.48. The van der Waals surface area contributed by atoms with E-state index >= 15 is 0 Å². The van der Waals surface area contributed by atoms with Crippen LogP contribution in [-0.4, -0.2) is 67.9 Å². The highest BCUT2D eigenvalue weighted by atomic mass is 19.1. The van der Waals surface area contributed by atoms with Gasteiger partial charge in [0.05, 0.1) is 13.7 Å². The normalized spacial score (nSPS) is 21.2. The number of hydrogen-bond donors (Lipinski definition) is 3. The van der Waals surface area contributed by atoms with Crippen molar-refractivity contribution in [2.24, 2.45) is 0 Å². The number of β-amino-alcohol motifs (C(OH)–C–C–N with tert-alkyl or cyclic N) is 1. The minimum absolute atomic E-state index is 0.000507. The second-order valence-electron chi connectivity index (χ2n) is 9.81. The molecule has 3 N–H and O–H groups in total. The number of aliphatic hydroxyl groups is 1. The third-order valence-electron chi connectivity index (χ3n) is 7.48. The summed E-state index contributed by atoms with van der Waals surface area (Å²) in [6.07, 6.45) is 6.05. The number of amides is 1. The van der Waals surface area contributed by atoms with E-state index in [0.29, 0.717) is 29.8 Å². The summed E-state index contributed by atoms with van der Waals surface area (Å²) in [5, 5.41) is 15.9. The van der Waals surface area contributed by atoms with E-state index in [0.717, 1.165) is 63.7 Å². The molecule has 2 aliphatic rings. The van der Waals surface area contributed by atoms with Gasteiger partial charge in [-0.1, -0.05) is 18.2 Å². The lowest BCUT2D eigenvalue weighted by Crippen LogP contribution is -2.45. The molecular formula is C28H38FN3O3. The van der Waals surface area contributed by atoms with E-state index in [1.54, 1.807) is 6.07 Å². The van der Waals surface area contributed by atoms with Crippen molar-refractivity contribution in [1.82, 2.24) is 15.5 Å². The standard InChI is InChI=1S/C28H38FN3O3/c1-35-27-18-20(2-9-26(27)29)10-13-30-25-8-7-23(19-25)21-3-5-22(6-4-21)28(34)31-24-11-14-32(15-12-24)16-17-33/h2-6,9,18,23-25,30,33H,7-8,10-17,19H2,1H3,(H,31,34)/t23-,25+/m1/s1. The molecule has 1 aliphatic carbocycles. The summed E-state index contributed by atoms with van der Waals surface area (Å²) in [6, 6.07) is 13.8. The van der Waals surface area contributed by atoms with Crippen LogP contribution in [0.1, 0.15) is 59.5 Å². The summed E-state index contributed by atoms with van der Waals surface area (Å²) in [5.41, 5.74) is 3.08. The van der Waals surface area contributed by atoms with Crippen molar-refractivity contribution in [2.45, 2.75) is 56.5 Å². The van der Waals surface area contributed by atoms with Crippen LogP contribution in [0.5, 0.6) is 5.75 Å². The topological polar surface area (TPSA) is 73.8 Å². The average Bonchev–Trinajstić information content (AvgIpc) is 3.35. The number of carbonyl (C=O) groups excluding carboxylic acids is 1. The molecule has 1 amide bonds. The van der Waals surface area contributed by atoms with Crippen molar-refractivity contribution in [3.05, 3.63) is 65.0 Å². The fourth-order valence-corrected chi connectivity index (χ4v) is 5.37. The van der Waals surface area contributed by atoms with Crippen molar-refractivity contribution in [3.8, 4) is 5.75 Å². The van der Waals surface area contributed by atoms with E-state index in [9.17, 15) is 9.18 Å². The molecule has 6 nitrogen and oxygen atoms in total. The van der Waals surface area contributed by atoms with Crippen LogP contribution in [0, 0.1) is 5.82 Å². The molecule has 7 heteroatoms. The number of aliphatic hydroxyl groups excluding tert-OH is 1. The monoisotopic (exact) mass is 483 g/mol. The van der Waals surface area contributed by atoms with Crippen LogP contribution < -0.4 is 15.4 Å². The number of halogens is 1. The lowest BCUT2D eigenvalue weighted by molar-refractivity contribution is 0.0903. The highest BCUT2D eigenvalue weighted by Crippen LogP contribution is 2.34. The van der Waals surface area contributed by atoms with Crippen LogP contribution in [0.3, 0.4) is 0 Å². The zero-order valence-corrected chi connectivity index (χ0v) is 20.6. The number of methoxy groups -OCH3 is 1. The van der Waals surface area contributed by atoms with Gasteiger partial charge in [0, 0.05) is 37.3 Å². The first kappa shape index (κ1) is 25.6. The first-order chi connectivity index (χ1) is 17.1. The van der Waals surface area contributed by atoms with Crippen LogP contribution in [0.4, 0.5) is 4.39 Å². The van der Waals surface area contributed by atoms with Gasteiger partial charge in [-0.05, 0) is 86.4 Å². The van der Waals surface area contributed by atoms with Crippen LogP contribution >= 0.6 is 0 Å². The molecule has 0 unspecified atom stereocenters. The van der Waals surface area contributed by atoms with Gasteiger partial charge in [-0.2, -0.15) is 0 Å². The number of carbonyl (C=O) groups is 1. The summed E-state index contributed by atoms with van der Waals surface area (Å²) in [5.74, 6) is 0.474. The van der Waals surface area contributed by atoms with Crippen LogP contribution in [0.25, 0.3) is 0 Å². The molecule has 2 aromatic rings. The van der Waals surface area contributed by atoms with Gasteiger partial charge in [-0.25, -0.2) is 4.39 Å². The molecule has 190 valence electrons. The van der Waals surface area contributed by atoms with Gasteiger partial charge in [-0.3, -0.25) is 4.79 Å². The summed E-state index contributed by atoms with van der Waals surface area (Å²) in [4.78, 5) is 14.9. The number of ether oxygens (including phenoxy) is 1. The van der Waals surface area contributed by atoms with Gasteiger partial charge >= 0.3 is 0 Å². The zero-order chi connectivity index (χ0) is 24.6. The molecule has 2 aromatic carbocycles. The van der Waals surface area contributed by atoms with Crippen molar-refractivity contribution < 1.29 is 19.0 Å². The molecule has 2 atom stereocenters. The van der Waals surface area contributed by atoms with E-state index in [2.05, 4.69) is 27.7 Å². The number of nitrogens with one attached hydrogen (secondary N) is 2. The molecular weight excluding hydrogens is 445 g/mol. The quantitative estimate of drug-likeness (QED) is 0.483. The van der Waals surface area contributed by atoms with Crippen molar-refractivity contribution in [1.29, 1.82) is 0 Å². The van der Waals surface area contributed by atoms with Crippen LogP contribution in [0.15, 0.2) is 42.5 Å². The Kier molecular flexibility index (Phi) is 9.12. The van der Waals surface area contributed by atoms with Gasteiger partial charge in [0.1, 0.15) is 0 Å². The fourth-order valence-electron chi connectivity index (χ4n) is 5.37. The molecule has 35 heavy (non-hydrogen) atoms. The maximum atomic E-state index is 13.6. The Balaban J connectivity index is 1.20. The maximum Gasteiger partial charge on any atom is 0.251 e. The van der Waals surface area contributed by atoms with Gasteiger partial charge < -0.3 is 25.4 Å². The number of piperidine rings is 1. The van der Waals surface area contributed by atoms with Gasteiger partial charge in [-0.15, -0.1) is 0 Å². The number of rotatable bonds is 10. The molecule has 1 saturated carbocycles. The summed E-state index contributed by atoms with van der Waals surface area (Å²) >= 11 is 0. The molecule has 0 bridgehead atoms. The minimum atomic E-state index is -0.328. The van der Waals surface area contributed by atoms with E-state index < -0.39 is 0 Å². The van der Waals surface area contributed by atoms with E-state index in [1.807, 2.05) is 18.2 Å². The van der Waals surface area contributed by atoms with Crippen LogP contribution in [-0.2, 0) is 6.42 Å². The van der Waals surface area contributed by atoms with Gasteiger partial charge in [0.2, 0.25) is 0 Å². The molecule has 2 fully saturated rings. The largest absolute Gasteiger partial charge is 0.494 e. The van der Waals surface area contributed by atoms with E-state index in [1.165, 1.54) is 18.7 Å². The number of benzene rings is 2. The average molecular weight is 484 g/mol. The lowest BCUT2D eigenvalue weighted by Gasteiger charge is -2.31. The van der Waals surface area contributed by atoms with E-state index in [4.69, 9.17) is 9.84 Å². The Morgan fingerprint density at radius 3 is 2.57 bits per heavy atom. The second-order valence-corrected chi connectivity index (χ2v) is 9.81. The molecule has 1 saturated heterocycles. The van der Waals surface area contributed by atoms with Gasteiger partial charge in [0.15, 0.2) is 11.6 Å². The lowest BCUT2D eigenvalue weighted by atomic mass is 9.96. The summed E-state index contributed by atoms with van der Waals surface area (Å²) in [7, 11) is 1.49. The molecule has 1 heterocycles. The van der Waals surface area contributed by atoms with E-state index in [-0.39, 0.29) is 24.4 Å². The molecule has 0 aromatic heterocycles. The molecule has 0 radical (unpaired) electrons. The highest BCUT2D eigenvalue weighted by Gasteiger charge is 2.26. The predicted molar refractivity (Wildman–Crippen MR) is 135 cm³/mol. The maximum absolute atomic E-state index is 13.6. The number of nitrogens with zero attached hydrogens (tertiary/aromatic N) is 1. The van der Waals surface area contributed by atoms with Crippen LogP contribution in [0.2, 0.25) is 0 Å². The first-order valence-corrected chi connectivity index (χ1v) is 12.9. The smallest absolute Gasteiger partial charge is 0.251 e. The van der Waals surface area contributed by atoms with Crippen molar-refractivity contribution in [2.75, 3.05) is 39.9 Å². The molecule has 1 aliphatic heterocycles. The summed E-state index contributed by atoms with van der Waals surface area (Å²) < 4.78 is 18.7. The predicted octanol–water partition coefficient (Wildman–Crippen LogP) is 3.49. The fraction of sp³-hybridized carbons (Fsp3) is 0.536. The SMILES string of the molecule is COc1cc(CCN[C@H]2CC[C@@H](c3ccc(C(=O)NC4CCN(CCO)CC4)cc3)C2)ccc1F. The van der Waals surface area contributed by atoms with Crippen molar-refractivity contribution >= 4 is 5.91 Å². The molecule has 0 spiro atoms. The second kappa shape index (κ2) is 12.5.